The Morgan fingerprint density at radius 3 is 2.90 bits per heavy atom. The van der Waals surface area contributed by atoms with Crippen molar-refractivity contribution in [2.45, 2.75) is 0 Å². The first-order valence-corrected chi connectivity index (χ1v) is 3.78. The summed E-state index contributed by atoms with van der Waals surface area (Å²) in [7, 11) is 0. The third-order valence-electron chi connectivity index (χ3n) is 0.833. The standard InChI is InChI=1S/C5HClIN3/c6-4-3(1-8)2-9-5(7)10-4/h2H. The number of hydrogen-bond acceptors (Lipinski definition) is 3. The lowest BCUT2D eigenvalue weighted by atomic mass is 10.4. The molecule has 0 aliphatic carbocycles. The molecule has 0 saturated heterocycles. The Hall–Kier alpha value is -0.410. The van der Waals surface area contributed by atoms with Gasteiger partial charge in [0.25, 0.3) is 0 Å². The quantitative estimate of drug-likeness (QED) is 0.407. The first kappa shape index (κ1) is 7.69. The van der Waals surface area contributed by atoms with E-state index in [-0.39, 0.29) is 5.15 Å². The fraction of sp³-hybridized carbons (Fsp3) is 0. The SMILES string of the molecule is N#Cc1cnc(I)nc1Cl. The third kappa shape index (κ3) is 1.55. The van der Waals surface area contributed by atoms with Crippen LogP contribution in [0, 0.1) is 15.2 Å². The van der Waals surface area contributed by atoms with Crippen LogP contribution < -0.4 is 0 Å². The molecule has 3 nitrogen and oxygen atoms in total. The van der Waals surface area contributed by atoms with Crippen LogP contribution >= 0.6 is 34.2 Å². The van der Waals surface area contributed by atoms with Crippen molar-refractivity contribution in [2.24, 2.45) is 0 Å². The van der Waals surface area contributed by atoms with Crippen molar-refractivity contribution in [3.63, 3.8) is 0 Å². The normalized spacial score (nSPS) is 8.90. The van der Waals surface area contributed by atoms with E-state index in [1.54, 1.807) is 0 Å². The number of rotatable bonds is 0. The van der Waals surface area contributed by atoms with Gasteiger partial charge >= 0.3 is 0 Å². The Morgan fingerprint density at radius 1 is 1.70 bits per heavy atom. The van der Waals surface area contributed by atoms with Crippen molar-refractivity contribution in [1.82, 2.24) is 9.97 Å². The highest BCUT2D eigenvalue weighted by molar-refractivity contribution is 14.1. The largest absolute Gasteiger partial charge is 0.230 e. The van der Waals surface area contributed by atoms with Crippen LogP contribution in [-0.2, 0) is 0 Å². The fourth-order valence-corrected chi connectivity index (χ4v) is 1.11. The maximum Gasteiger partial charge on any atom is 0.192 e. The zero-order chi connectivity index (χ0) is 7.56. The van der Waals surface area contributed by atoms with Gasteiger partial charge in [0.2, 0.25) is 0 Å². The van der Waals surface area contributed by atoms with Crippen LogP contribution in [0.15, 0.2) is 6.20 Å². The summed E-state index contributed by atoms with van der Waals surface area (Å²) in [6.07, 6.45) is 1.40. The van der Waals surface area contributed by atoms with E-state index < -0.39 is 0 Å². The second-order valence-electron chi connectivity index (χ2n) is 1.46. The van der Waals surface area contributed by atoms with Crippen LogP contribution in [0.2, 0.25) is 5.15 Å². The van der Waals surface area contributed by atoms with Crippen LogP contribution in [0.25, 0.3) is 0 Å². The predicted molar refractivity (Wildman–Crippen MR) is 44.5 cm³/mol. The lowest BCUT2D eigenvalue weighted by Gasteiger charge is -1.91. The zero-order valence-corrected chi connectivity index (χ0v) is 7.59. The molecule has 0 aliphatic rings. The van der Waals surface area contributed by atoms with E-state index in [1.807, 2.05) is 28.7 Å². The molecule has 1 aromatic rings. The average molecular weight is 265 g/mol. The molecule has 0 atom stereocenters. The van der Waals surface area contributed by atoms with E-state index >= 15 is 0 Å². The third-order valence-corrected chi connectivity index (χ3v) is 1.64. The number of aromatic nitrogens is 2. The minimum Gasteiger partial charge on any atom is -0.230 e. The highest BCUT2D eigenvalue weighted by atomic mass is 127. The predicted octanol–water partition coefficient (Wildman–Crippen LogP) is 1.61. The zero-order valence-electron chi connectivity index (χ0n) is 4.67. The van der Waals surface area contributed by atoms with Gasteiger partial charge in [0.1, 0.15) is 11.6 Å². The van der Waals surface area contributed by atoms with Crippen molar-refractivity contribution < 1.29 is 0 Å². The second kappa shape index (κ2) is 3.12. The summed E-state index contributed by atoms with van der Waals surface area (Å²) < 4.78 is 0.543. The highest BCUT2D eigenvalue weighted by Crippen LogP contribution is 2.10. The van der Waals surface area contributed by atoms with Crippen molar-refractivity contribution in [3.8, 4) is 6.07 Å². The van der Waals surface area contributed by atoms with Crippen molar-refractivity contribution >= 4 is 34.2 Å². The first-order valence-electron chi connectivity index (χ1n) is 2.32. The van der Waals surface area contributed by atoms with E-state index in [1.165, 1.54) is 6.20 Å². The molecular weight excluding hydrogens is 264 g/mol. The van der Waals surface area contributed by atoms with Gasteiger partial charge in [-0.25, -0.2) is 9.97 Å². The van der Waals surface area contributed by atoms with Crippen LogP contribution in [-0.4, -0.2) is 9.97 Å². The summed E-state index contributed by atoms with van der Waals surface area (Å²) in [6, 6.07) is 1.86. The van der Waals surface area contributed by atoms with Gasteiger partial charge in [-0.15, -0.1) is 0 Å². The minimum absolute atomic E-state index is 0.210. The molecule has 1 heterocycles. The Bertz CT molecular complexity index is 293. The number of nitriles is 1. The molecule has 0 spiro atoms. The van der Waals surface area contributed by atoms with Gasteiger partial charge in [-0.05, 0) is 0 Å². The van der Waals surface area contributed by atoms with Crippen molar-refractivity contribution in [2.75, 3.05) is 0 Å². The Labute approximate surface area is 76.2 Å². The molecular formula is C5HClIN3. The van der Waals surface area contributed by atoms with Gasteiger partial charge in [-0.1, -0.05) is 11.6 Å². The summed E-state index contributed by atoms with van der Waals surface area (Å²) in [4.78, 5) is 7.54. The summed E-state index contributed by atoms with van der Waals surface area (Å²) in [6.45, 7) is 0. The van der Waals surface area contributed by atoms with Crippen LogP contribution in [0.4, 0.5) is 0 Å². The molecule has 0 N–H and O–H groups in total. The average Bonchev–Trinajstić information content (AvgIpc) is 1.88. The maximum atomic E-state index is 8.39. The molecule has 10 heavy (non-hydrogen) atoms. The Morgan fingerprint density at radius 2 is 2.40 bits per heavy atom. The molecule has 1 aromatic heterocycles. The molecule has 50 valence electrons. The summed E-state index contributed by atoms with van der Waals surface area (Å²) in [5.41, 5.74) is 0.307. The summed E-state index contributed by atoms with van der Waals surface area (Å²) in [5.74, 6) is 0. The molecule has 0 fully saturated rings. The van der Waals surface area contributed by atoms with Gasteiger partial charge in [0.05, 0.1) is 6.20 Å². The van der Waals surface area contributed by atoms with Gasteiger partial charge in [0, 0.05) is 22.6 Å². The van der Waals surface area contributed by atoms with Gasteiger partial charge < -0.3 is 0 Å². The smallest absolute Gasteiger partial charge is 0.192 e. The van der Waals surface area contributed by atoms with E-state index in [0.29, 0.717) is 9.39 Å². The Kier molecular flexibility index (Phi) is 2.40. The van der Waals surface area contributed by atoms with Gasteiger partial charge in [0.15, 0.2) is 8.98 Å². The van der Waals surface area contributed by atoms with Crippen molar-refractivity contribution in [1.29, 1.82) is 5.26 Å². The van der Waals surface area contributed by atoms with Crippen LogP contribution in [0.1, 0.15) is 5.56 Å². The van der Waals surface area contributed by atoms with Crippen molar-refractivity contribution in [3.05, 3.63) is 20.7 Å². The Balaban J connectivity index is 3.23. The molecule has 0 saturated carbocycles. The molecule has 0 bridgehead atoms. The maximum absolute atomic E-state index is 8.39. The molecule has 0 unspecified atom stereocenters. The number of halogens is 2. The van der Waals surface area contributed by atoms with Crippen LogP contribution in [0.3, 0.4) is 0 Å². The topological polar surface area (TPSA) is 49.6 Å². The summed E-state index contributed by atoms with van der Waals surface area (Å²) >= 11 is 7.47. The lowest BCUT2D eigenvalue weighted by molar-refractivity contribution is 1.09. The second-order valence-corrected chi connectivity index (χ2v) is 2.78. The lowest BCUT2D eigenvalue weighted by Crippen LogP contribution is -1.89. The first-order chi connectivity index (χ1) is 4.74. The molecule has 0 amide bonds. The van der Waals surface area contributed by atoms with E-state index in [0.717, 1.165) is 0 Å². The minimum atomic E-state index is 0.210. The highest BCUT2D eigenvalue weighted by Gasteiger charge is 2.00. The number of hydrogen-bond donors (Lipinski definition) is 0. The monoisotopic (exact) mass is 265 g/mol. The van der Waals surface area contributed by atoms with E-state index in [4.69, 9.17) is 16.9 Å². The molecule has 1 rings (SSSR count). The van der Waals surface area contributed by atoms with Crippen LogP contribution in [0.5, 0.6) is 0 Å². The van der Waals surface area contributed by atoms with Gasteiger partial charge in [-0.2, -0.15) is 5.26 Å². The molecule has 5 heteroatoms. The summed E-state index contributed by atoms with van der Waals surface area (Å²) in [5, 5.41) is 8.60. The van der Waals surface area contributed by atoms with E-state index in [2.05, 4.69) is 9.97 Å². The van der Waals surface area contributed by atoms with Gasteiger partial charge in [-0.3, -0.25) is 0 Å². The number of nitrogens with zero attached hydrogens (tertiary/aromatic N) is 3. The molecule has 0 radical (unpaired) electrons. The van der Waals surface area contributed by atoms with E-state index in [9.17, 15) is 0 Å². The molecule has 0 aromatic carbocycles. The molecule has 0 aliphatic heterocycles. The fourth-order valence-electron chi connectivity index (χ4n) is 0.416.